The number of aliphatic hydroxyl groups is 1. The Morgan fingerprint density at radius 2 is 1.63 bits per heavy atom. The van der Waals surface area contributed by atoms with Crippen LogP contribution in [0.1, 0.15) is 113 Å². The van der Waals surface area contributed by atoms with Crippen molar-refractivity contribution in [3.8, 4) is 0 Å². The second-order valence-corrected chi connectivity index (χ2v) is 14.1. The molecular formula is C29H50O. The van der Waals surface area contributed by atoms with Crippen LogP contribution in [0.5, 0.6) is 0 Å². The minimum Gasteiger partial charge on any atom is -0.396 e. The molecule has 7 unspecified atom stereocenters. The standard InChI is InChI=1S/C29H50O/c1-20(2)21-11-12-29(8)24(27(21,6)17-18-30)10-9-22-23-19-25(3,4)13-14-26(23,5)15-16-28(22,29)7/h9,20-21,23-24,30H,10-19H2,1-8H3. The minimum atomic E-state index is 0.257. The smallest absolute Gasteiger partial charge is 0.0436 e. The number of rotatable bonds is 3. The van der Waals surface area contributed by atoms with E-state index in [0.717, 1.165) is 18.3 Å². The second-order valence-electron chi connectivity index (χ2n) is 14.1. The maximum absolute atomic E-state index is 10.1. The zero-order chi connectivity index (χ0) is 22.2. The molecule has 0 bridgehead atoms. The fraction of sp³-hybridized carbons (Fsp3) is 0.931. The summed E-state index contributed by atoms with van der Waals surface area (Å²) >= 11 is 0. The summed E-state index contributed by atoms with van der Waals surface area (Å²) in [4.78, 5) is 0. The van der Waals surface area contributed by atoms with Crippen molar-refractivity contribution >= 4 is 0 Å². The molecule has 0 saturated heterocycles. The average molecular weight is 415 g/mol. The Bertz CT molecular complexity index is 703. The fourth-order valence-electron chi connectivity index (χ4n) is 9.61. The van der Waals surface area contributed by atoms with E-state index in [4.69, 9.17) is 0 Å². The van der Waals surface area contributed by atoms with Gasteiger partial charge in [-0.2, -0.15) is 0 Å². The molecule has 0 heterocycles. The molecule has 0 aromatic carbocycles. The van der Waals surface area contributed by atoms with Crippen LogP contribution in [0.25, 0.3) is 0 Å². The number of hydrogen-bond donors (Lipinski definition) is 1. The third kappa shape index (κ3) is 3.03. The fourth-order valence-corrected chi connectivity index (χ4v) is 9.61. The first-order valence-electron chi connectivity index (χ1n) is 13.1. The summed E-state index contributed by atoms with van der Waals surface area (Å²) in [5.41, 5.74) is 3.83. The van der Waals surface area contributed by atoms with Crippen molar-refractivity contribution in [2.45, 2.75) is 113 Å². The molecule has 7 atom stereocenters. The zero-order valence-corrected chi connectivity index (χ0v) is 21.4. The van der Waals surface area contributed by atoms with E-state index in [1.807, 2.05) is 5.57 Å². The van der Waals surface area contributed by atoms with Crippen LogP contribution in [0.4, 0.5) is 0 Å². The number of fused-ring (bicyclic) bond motifs is 5. The lowest BCUT2D eigenvalue weighted by molar-refractivity contribution is -0.156. The number of aliphatic hydroxyl groups excluding tert-OH is 1. The molecular weight excluding hydrogens is 364 g/mol. The first-order valence-corrected chi connectivity index (χ1v) is 13.1. The first-order chi connectivity index (χ1) is 13.8. The van der Waals surface area contributed by atoms with Crippen LogP contribution < -0.4 is 0 Å². The molecule has 4 aliphatic carbocycles. The quantitative estimate of drug-likeness (QED) is 0.463. The molecule has 30 heavy (non-hydrogen) atoms. The molecule has 0 aromatic heterocycles. The van der Waals surface area contributed by atoms with E-state index in [1.54, 1.807) is 0 Å². The van der Waals surface area contributed by atoms with Crippen LogP contribution in [0.2, 0.25) is 0 Å². The van der Waals surface area contributed by atoms with E-state index >= 15 is 0 Å². The van der Waals surface area contributed by atoms with Gasteiger partial charge in [0.2, 0.25) is 0 Å². The molecule has 172 valence electrons. The van der Waals surface area contributed by atoms with Crippen LogP contribution in [-0.4, -0.2) is 11.7 Å². The number of allylic oxidation sites excluding steroid dienone is 2. The van der Waals surface area contributed by atoms with Gasteiger partial charge < -0.3 is 5.11 Å². The molecule has 4 aliphatic rings. The van der Waals surface area contributed by atoms with E-state index < -0.39 is 0 Å². The highest BCUT2D eigenvalue weighted by Gasteiger charge is 2.65. The lowest BCUT2D eigenvalue weighted by atomic mass is 9.35. The Labute approximate surface area is 187 Å². The highest BCUT2D eigenvalue weighted by Crippen LogP contribution is 2.73. The highest BCUT2D eigenvalue weighted by molar-refractivity contribution is 5.33. The van der Waals surface area contributed by atoms with Gasteiger partial charge in [0.1, 0.15) is 0 Å². The molecule has 0 spiro atoms. The SMILES string of the molecule is CC(C)C1CCC2(C)C(CC=C3C4CC(C)(C)CCC4(C)CCC32C)C1(C)CCO. The summed E-state index contributed by atoms with van der Waals surface area (Å²) in [7, 11) is 0. The molecule has 0 amide bonds. The van der Waals surface area contributed by atoms with Crippen LogP contribution in [0.15, 0.2) is 11.6 Å². The molecule has 3 fully saturated rings. The summed E-state index contributed by atoms with van der Waals surface area (Å²) in [6.45, 7) is 20.7. The summed E-state index contributed by atoms with van der Waals surface area (Å²) < 4.78 is 0. The molecule has 3 saturated carbocycles. The summed E-state index contributed by atoms with van der Waals surface area (Å²) in [5, 5.41) is 10.1. The van der Waals surface area contributed by atoms with E-state index in [0.29, 0.717) is 40.1 Å². The Kier molecular flexibility index (Phi) is 5.41. The van der Waals surface area contributed by atoms with Gasteiger partial charge in [0.05, 0.1) is 0 Å². The molecule has 4 rings (SSSR count). The van der Waals surface area contributed by atoms with E-state index in [9.17, 15) is 5.11 Å². The van der Waals surface area contributed by atoms with Gasteiger partial charge in [-0.1, -0.05) is 67.0 Å². The van der Waals surface area contributed by atoms with Gasteiger partial charge in [-0.15, -0.1) is 0 Å². The minimum absolute atomic E-state index is 0.257. The van der Waals surface area contributed by atoms with Gasteiger partial charge in [-0.25, -0.2) is 0 Å². The molecule has 1 nitrogen and oxygen atoms in total. The Balaban J connectivity index is 1.79. The van der Waals surface area contributed by atoms with Crippen LogP contribution >= 0.6 is 0 Å². The highest BCUT2D eigenvalue weighted by atomic mass is 16.3. The summed E-state index contributed by atoms with van der Waals surface area (Å²) in [5.74, 6) is 2.93. The zero-order valence-electron chi connectivity index (χ0n) is 21.4. The van der Waals surface area contributed by atoms with E-state index in [1.165, 1.54) is 51.4 Å². The van der Waals surface area contributed by atoms with Crippen LogP contribution in [0, 0.1) is 50.7 Å². The predicted octanol–water partition coefficient (Wildman–Crippen LogP) is 8.03. The van der Waals surface area contributed by atoms with Crippen molar-refractivity contribution in [1.82, 2.24) is 0 Å². The van der Waals surface area contributed by atoms with Gasteiger partial charge in [-0.3, -0.25) is 0 Å². The molecule has 0 aromatic rings. The first kappa shape index (κ1) is 22.9. The number of hydrogen-bond acceptors (Lipinski definition) is 1. The van der Waals surface area contributed by atoms with Gasteiger partial charge >= 0.3 is 0 Å². The van der Waals surface area contributed by atoms with Gasteiger partial charge in [0, 0.05) is 6.61 Å². The van der Waals surface area contributed by atoms with Crippen molar-refractivity contribution in [3.63, 3.8) is 0 Å². The third-order valence-electron chi connectivity index (χ3n) is 11.9. The van der Waals surface area contributed by atoms with Crippen molar-refractivity contribution in [2.24, 2.45) is 50.7 Å². The maximum Gasteiger partial charge on any atom is 0.0436 e. The summed E-state index contributed by atoms with van der Waals surface area (Å²) in [6.07, 6.45) is 14.7. The Morgan fingerprint density at radius 1 is 0.967 bits per heavy atom. The van der Waals surface area contributed by atoms with Crippen molar-refractivity contribution in [1.29, 1.82) is 0 Å². The van der Waals surface area contributed by atoms with Crippen LogP contribution in [0.3, 0.4) is 0 Å². The lowest BCUT2D eigenvalue weighted by Crippen LogP contribution is -2.61. The van der Waals surface area contributed by atoms with Crippen molar-refractivity contribution in [3.05, 3.63) is 11.6 Å². The predicted molar refractivity (Wildman–Crippen MR) is 128 cm³/mol. The van der Waals surface area contributed by atoms with Crippen LogP contribution in [-0.2, 0) is 0 Å². The largest absolute Gasteiger partial charge is 0.396 e. The molecule has 1 N–H and O–H groups in total. The van der Waals surface area contributed by atoms with E-state index in [2.05, 4.69) is 61.5 Å². The second kappa shape index (κ2) is 7.10. The normalized spacial score (nSPS) is 50.3. The molecule has 0 aliphatic heterocycles. The molecule has 0 radical (unpaired) electrons. The summed E-state index contributed by atoms with van der Waals surface area (Å²) in [6, 6.07) is 0. The Hall–Kier alpha value is -0.300. The Morgan fingerprint density at radius 3 is 2.27 bits per heavy atom. The van der Waals surface area contributed by atoms with Crippen molar-refractivity contribution in [2.75, 3.05) is 6.61 Å². The van der Waals surface area contributed by atoms with E-state index in [-0.39, 0.29) is 5.41 Å². The van der Waals surface area contributed by atoms with Gasteiger partial charge in [-0.05, 0) is 109 Å². The van der Waals surface area contributed by atoms with Gasteiger partial charge in [0.25, 0.3) is 0 Å². The average Bonchev–Trinajstić information content (AvgIpc) is 2.64. The third-order valence-corrected chi connectivity index (χ3v) is 11.9. The topological polar surface area (TPSA) is 20.2 Å². The lowest BCUT2D eigenvalue weighted by Gasteiger charge is -2.69. The monoisotopic (exact) mass is 414 g/mol. The molecule has 1 heteroatoms. The van der Waals surface area contributed by atoms with Crippen molar-refractivity contribution < 1.29 is 5.11 Å². The maximum atomic E-state index is 10.1. The van der Waals surface area contributed by atoms with Gasteiger partial charge in [0.15, 0.2) is 0 Å².